The Hall–Kier alpha value is -1.24. The molecule has 1 rings (SSSR count). The molecule has 2 amide bonds. The van der Waals surface area contributed by atoms with E-state index in [0.29, 0.717) is 19.5 Å². The molecule has 0 aromatic heterocycles. The molecule has 0 spiro atoms. The molecule has 1 fully saturated rings. The molecule has 1 saturated heterocycles. The zero-order valence-corrected chi connectivity index (χ0v) is 12.0. The van der Waals surface area contributed by atoms with Crippen molar-refractivity contribution in [3.05, 3.63) is 0 Å². The zero-order valence-electron chi connectivity index (χ0n) is 11.2. The number of carboxylic acid groups (broad SMARTS) is 1. The van der Waals surface area contributed by atoms with Crippen LogP contribution in [0.15, 0.2) is 0 Å². The summed E-state index contributed by atoms with van der Waals surface area (Å²) in [7, 11) is 0. The number of primary amides is 1. The summed E-state index contributed by atoms with van der Waals surface area (Å²) in [6, 6.07) is 0. The van der Waals surface area contributed by atoms with Crippen molar-refractivity contribution in [2.75, 3.05) is 18.8 Å². The first-order valence-corrected chi connectivity index (χ1v) is 7.17. The Morgan fingerprint density at radius 3 is 2.58 bits per heavy atom. The number of carboxylic acids is 1. The van der Waals surface area contributed by atoms with Crippen molar-refractivity contribution in [2.24, 2.45) is 11.7 Å². The number of hydrogen-bond donors (Lipinski definition) is 2. The summed E-state index contributed by atoms with van der Waals surface area (Å²) >= 11 is 1.09. The van der Waals surface area contributed by atoms with Gasteiger partial charge in [0.05, 0.1) is 11.7 Å². The molecule has 0 aliphatic carbocycles. The van der Waals surface area contributed by atoms with Crippen LogP contribution < -0.4 is 5.73 Å². The van der Waals surface area contributed by atoms with Gasteiger partial charge in [-0.05, 0) is 26.7 Å². The number of carbonyl (C=O) groups is 3. The average Bonchev–Trinajstić information content (AvgIpc) is 2.36. The highest BCUT2D eigenvalue weighted by atomic mass is 32.2. The van der Waals surface area contributed by atoms with Crippen LogP contribution in [-0.2, 0) is 14.4 Å². The van der Waals surface area contributed by atoms with Gasteiger partial charge in [-0.25, -0.2) is 0 Å². The van der Waals surface area contributed by atoms with E-state index >= 15 is 0 Å². The fourth-order valence-corrected chi connectivity index (χ4v) is 2.62. The van der Waals surface area contributed by atoms with E-state index in [2.05, 4.69) is 0 Å². The van der Waals surface area contributed by atoms with Crippen molar-refractivity contribution in [1.82, 2.24) is 4.90 Å². The van der Waals surface area contributed by atoms with Gasteiger partial charge in [0.15, 0.2) is 0 Å². The van der Waals surface area contributed by atoms with Crippen LogP contribution in [-0.4, -0.2) is 51.4 Å². The molecule has 1 aliphatic rings. The molecule has 0 aromatic rings. The summed E-state index contributed by atoms with van der Waals surface area (Å²) in [5.74, 6) is -1.64. The third-order valence-corrected chi connectivity index (χ3v) is 4.54. The van der Waals surface area contributed by atoms with Crippen molar-refractivity contribution < 1.29 is 19.5 Å². The molecule has 0 radical (unpaired) electrons. The minimum Gasteiger partial charge on any atom is -0.480 e. The van der Waals surface area contributed by atoms with Gasteiger partial charge < -0.3 is 15.7 Å². The third kappa shape index (κ3) is 4.41. The van der Waals surface area contributed by atoms with Crippen molar-refractivity contribution in [3.8, 4) is 0 Å². The largest absolute Gasteiger partial charge is 0.480 e. The summed E-state index contributed by atoms with van der Waals surface area (Å²) in [5, 5.41) is 8.97. The minimum atomic E-state index is -0.992. The van der Waals surface area contributed by atoms with Gasteiger partial charge in [0, 0.05) is 13.1 Å². The van der Waals surface area contributed by atoms with E-state index in [-0.39, 0.29) is 23.5 Å². The Morgan fingerprint density at radius 1 is 1.42 bits per heavy atom. The normalized spacial score (nSPS) is 20.1. The molecule has 3 N–H and O–H groups in total. The number of hydrogen-bond acceptors (Lipinski definition) is 4. The Bertz CT molecular complexity index is 384. The number of aliphatic carboxylic acids is 1. The van der Waals surface area contributed by atoms with Crippen LogP contribution in [0.1, 0.15) is 26.7 Å². The molecular weight excluding hydrogens is 268 g/mol. The third-order valence-electron chi connectivity index (χ3n) is 3.25. The van der Waals surface area contributed by atoms with Gasteiger partial charge >= 0.3 is 5.97 Å². The summed E-state index contributed by atoms with van der Waals surface area (Å²) in [5.41, 5.74) is 5.25. The first-order chi connectivity index (χ1) is 8.74. The van der Waals surface area contributed by atoms with Gasteiger partial charge in [0.2, 0.25) is 11.8 Å². The van der Waals surface area contributed by atoms with Crippen LogP contribution >= 0.6 is 11.8 Å². The molecule has 0 aromatic carbocycles. The van der Waals surface area contributed by atoms with Gasteiger partial charge in [0.1, 0.15) is 4.75 Å². The van der Waals surface area contributed by atoms with E-state index < -0.39 is 10.7 Å². The Morgan fingerprint density at radius 2 is 2.05 bits per heavy atom. The molecule has 1 aliphatic heterocycles. The maximum absolute atomic E-state index is 12.0. The highest BCUT2D eigenvalue weighted by Crippen LogP contribution is 2.25. The van der Waals surface area contributed by atoms with Crippen molar-refractivity contribution >= 4 is 29.5 Å². The summed E-state index contributed by atoms with van der Waals surface area (Å²) in [4.78, 5) is 35.7. The standard InChI is InChI=1S/C12H20N2O4S/c1-12(2,11(17)18)19-7-9(15)14-5-3-4-8(6-14)10(13)16/h8H,3-7H2,1-2H3,(H2,13,16)(H,17,18). The van der Waals surface area contributed by atoms with Gasteiger partial charge in [-0.3, -0.25) is 14.4 Å². The van der Waals surface area contributed by atoms with E-state index in [1.54, 1.807) is 18.7 Å². The molecule has 0 saturated carbocycles. The van der Waals surface area contributed by atoms with Crippen LogP contribution in [0.4, 0.5) is 0 Å². The number of amides is 2. The number of rotatable bonds is 5. The van der Waals surface area contributed by atoms with Crippen LogP contribution in [0.5, 0.6) is 0 Å². The lowest BCUT2D eigenvalue weighted by Gasteiger charge is -2.31. The first-order valence-electron chi connectivity index (χ1n) is 6.18. The molecule has 6 nitrogen and oxygen atoms in total. The molecule has 108 valence electrons. The van der Waals surface area contributed by atoms with Crippen LogP contribution in [0.25, 0.3) is 0 Å². The van der Waals surface area contributed by atoms with Crippen LogP contribution in [0.2, 0.25) is 0 Å². The summed E-state index contributed by atoms with van der Waals surface area (Å²) in [6.45, 7) is 4.09. The van der Waals surface area contributed by atoms with Crippen molar-refractivity contribution in [3.63, 3.8) is 0 Å². The van der Waals surface area contributed by atoms with E-state index in [1.807, 2.05) is 0 Å². The van der Waals surface area contributed by atoms with Crippen molar-refractivity contribution in [1.29, 1.82) is 0 Å². The molecule has 1 heterocycles. The van der Waals surface area contributed by atoms with Crippen LogP contribution in [0.3, 0.4) is 0 Å². The quantitative estimate of drug-likeness (QED) is 0.758. The van der Waals surface area contributed by atoms with E-state index in [0.717, 1.165) is 18.2 Å². The lowest BCUT2D eigenvalue weighted by molar-refractivity contribution is -0.138. The second-order valence-electron chi connectivity index (χ2n) is 5.19. The number of nitrogens with zero attached hydrogens (tertiary/aromatic N) is 1. The fourth-order valence-electron chi connectivity index (χ4n) is 1.83. The predicted molar refractivity (Wildman–Crippen MR) is 72.7 cm³/mol. The number of thioether (sulfide) groups is 1. The molecular formula is C12H20N2O4S. The zero-order chi connectivity index (χ0) is 14.6. The Kier molecular flexibility index (Phi) is 5.22. The molecule has 1 atom stereocenters. The number of carbonyl (C=O) groups excluding carboxylic acids is 2. The number of nitrogens with two attached hydrogens (primary N) is 1. The van der Waals surface area contributed by atoms with Crippen molar-refractivity contribution in [2.45, 2.75) is 31.4 Å². The second-order valence-corrected chi connectivity index (χ2v) is 6.78. The Labute approximate surface area is 116 Å². The number of piperidine rings is 1. The number of likely N-dealkylation sites (tertiary alicyclic amines) is 1. The fraction of sp³-hybridized carbons (Fsp3) is 0.750. The lowest BCUT2D eigenvalue weighted by atomic mass is 9.97. The first kappa shape index (κ1) is 15.8. The van der Waals surface area contributed by atoms with Gasteiger partial charge in [-0.1, -0.05) is 0 Å². The SMILES string of the molecule is CC(C)(SCC(=O)N1CCCC(C(N)=O)C1)C(=O)O. The summed E-state index contributed by atoms with van der Waals surface area (Å²) < 4.78 is -0.992. The molecule has 7 heteroatoms. The van der Waals surface area contributed by atoms with E-state index in [1.165, 1.54) is 0 Å². The van der Waals surface area contributed by atoms with E-state index in [9.17, 15) is 14.4 Å². The molecule has 1 unspecified atom stereocenters. The monoisotopic (exact) mass is 288 g/mol. The Balaban J connectivity index is 2.50. The second kappa shape index (κ2) is 6.27. The highest BCUT2D eigenvalue weighted by Gasteiger charge is 2.31. The minimum absolute atomic E-state index is 0.102. The van der Waals surface area contributed by atoms with Gasteiger partial charge in [-0.2, -0.15) is 0 Å². The molecule has 19 heavy (non-hydrogen) atoms. The highest BCUT2D eigenvalue weighted by molar-refractivity contribution is 8.01. The maximum Gasteiger partial charge on any atom is 0.319 e. The van der Waals surface area contributed by atoms with E-state index in [4.69, 9.17) is 10.8 Å². The lowest BCUT2D eigenvalue weighted by Crippen LogP contribution is -2.45. The predicted octanol–water partition coefficient (Wildman–Crippen LogP) is 0.307. The maximum atomic E-state index is 12.0. The average molecular weight is 288 g/mol. The topological polar surface area (TPSA) is 101 Å². The molecule has 0 bridgehead atoms. The summed E-state index contributed by atoms with van der Waals surface area (Å²) in [6.07, 6.45) is 1.47. The van der Waals surface area contributed by atoms with Gasteiger partial charge in [0.25, 0.3) is 0 Å². The van der Waals surface area contributed by atoms with Crippen LogP contribution in [0, 0.1) is 5.92 Å². The van der Waals surface area contributed by atoms with Gasteiger partial charge in [-0.15, -0.1) is 11.8 Å². The smallest absolute Gasteiger partial charge is 0.319 e.